The first-order valence-electron chi connectivity index (χ1n) is 8.89. The number of hydrogen-bond donors (Lipinski definition) is 1. The maximum atomic E-state index is 13.3. The molecule has 1 amide bonds. The lowest BCUT2D eigenvalue weighted by atomic mass is 9.75. The van der Waals surface area contributed by atoms with E-state index in [-0.39, 0.29) is 24.5 Å². The highest BCUT2D eigenvalue weighted by molar-refractivity contribution is 5.94. The fourth-order valence-corrected chi connectivity index (χ4v) is 3.01. The SMILES string of the molecule is COC(=O)[C@H](CCC(C)=O)NC(=O)C(C)(c1ccccc1)c1ccccc1. The van der Waals surface area contributed by atoms with Gasteiger partial charge in [0, 0.05) is 6.42 Å². The minimum Gasteiger partial charge on any atom is -0.467 e. The third-order valence-corrected chi connectivity index (χ3v) is 4.73. The van der Waals surface area contributed by atoms with Crippen LogP contribution in [-0.4, -0.2) is 30.8 Å². The number of benzene rings is 2. The molecule has 27 heavy (non-hydrogen) atoms. The van der Waals surface area contributed by atoms with Crippen molar-refractivity contribution in [2.75, 3.05) is 7.11 Å². The van der Waals surface area contributed by atoms with Crippen LogP contribution in [0.5, 0.6) is 0 Å². The fraction of sp³-hybridized carbons (Fsp3) is 0.318. The number of nitrogens with one attached hydrogen (secondary N) is 1. The summed E-state index contributed by atoms with van der Waals surface area (Å²) in [6.07, 6.45) is 0.390. The second-order valence-corrected chi connectivity index (χ2v) is 6.65. The Morgan fingerprint density at radius 2 is 1.44 bits per heavy atom. The number of rotatable bonds is 8. The number of ether oxygens (including phenoxy) is 1. The Hall–Kier alpha value is -2.95. The summed E-state index contributed by atoms with van der Waals surface area (Å²) in [5.74, 6) is -0.932. The first-order chi connectivity index (χ1) is 12.9. The molecule has 142 valence electrons. The predicted octanol–water partition coefficient (Wildman–Crippen LogP) is 3.02. The van der Waals surface area contributed by atoms with Gasteiger partial charge in [-0.2, -0.15) is 0 Å². The van der Waals surface area contributed by atoms with Crippen LogP contribution in [-0.2, 0) is 24.5 Å². The normalized spacial score (nSPS) is 12.1. The van der Waals surface area contributed by atoms with E-state index < -0.39 is 17.4 Å². The number of methoxy groups -OCH3 is 1. The predicted molar refractivity (Wildman–Crippen MR) is 103 cm³/mol. The molecule has 0 unspecified atom stereocenters. The largest absolute Gasteiger partial charge is 0.467 e. The fourth-order valence-electron chi connectivity index (χ4n) is 3.01. The van der Waals surface area contributed by atoms with Gasteiger partial charge in [0.1, 0.15) is 11.8 Å². The molecule has 5 heteroatoms. The molecule has 0 heterocycles. The van der Waals surface area contributed by atoms with Gasteiger partial charge in [0.05, 0.1) is 12.5 Å². The lowest BCUT2D eigenvalue weighted by Gasteiger charge is -2.31. The molecule has 2 rings (SSSR count). The topological polar surface area (TPSA) is 72.5 Å². The van der Waals surface area contributed by atoms with Crippen LogP contribution >= 0.6 is 0 Å². The number of carbonyl (C=O) groups excluding carboxylic acids is 3. The lowest BCUT2D eigenvalue weighted by Crippen LogP contribution is -2.50. The summed E-state index contributed by atoms with van der Waals surface area (Å²) in [4.78, 5) is 36.8. The Balaban J connectivity index is 2.39. The van der Waals surface area contributed by atoms with Gasteiger partial charge >= 0.3 is 5.97 Å². The Kier molecular flexibility index (Phi) is 6.88. The van der Waals surface area contributed by atoms with Gasteiger partial charge in [0.25, 0.3) is 0 Å². The van der Waals surface area contributed by atoms with Gasteiger partial charge < -0.3 is 14.8 Å². The molecule has 0 spiro atoms. The first-order valence-corrected chi connectivity index (χ1v) is 8.89. The van der Waals surface area contributed by atoms with Crippen LogP contribution in [0.25, 0.3) is 0 Å². The van der Waals surface area contributed by atoms with Crippen LogP contribution in [0.15, 0.2) is 60.7 Å². The minimum atomic E-state index is -0.995. The molecule has 0 saturated carbocycles. The summed E-state index contributed by atoms with van der Waals surface area (Å²) in [5, 5.41) is 2.79. The molecule has 0 saturated heterocycles. The van der Waals surface area contributed by atoms with Crippen LogP contribution in [0.4, 0.5) is 0 Å². The molecular weight excluding hydrogens is 342 g/mol. The van der Waals surface area contributed by atoms with Gasteiger partial charge in [0.15, 0.2) is 0 Å². The van der Waals surface area contributed by atoms with Crippen molar-refractivity contribution < 1.29 is 19.1 Å². The van der Waals surface area contributed by atoms with Crippen molar-refractivity contribution in [1.29, 1.82) is 0 Å². The highest BCUT2D eigenvalue weighted by atomic mass is 16.5. The number of hydrogen-bond acceptors (Lipinski definition) is 4. The summed E-state index contributed by atoms with van der Waals surface area (Å²) in [6, 6.07) is 17.9. The lowest BCUT2D eigenvalue weighted by molar-refractivity contribution is -0.145. The molecular formula is C22H25NO4. The van der Waals surface area contributed by atoms with Crippen LogP contribution in [0.1, 0.15) is 37.8 Å². The maximum absolute atomic E-state index is 13.3. The van der Waals surface area contributed by atoms with E-state index in [1.54, 1.807) is 0 Å². The van der Waals surface area contributed by atoms with E-state index in [9.17, 15) is 14.4 Å². The Labute approximate surface area is 159 Å². The third kappa shape index (κ3) is 4.82. The monoisotopic (exact) mass is 367 g/mol. The van der Waals surface area contributed by atoms with Crippen molar-refractivity contribution >= 4 is 17.7 Å². The standard InChI is InChI=1S/C22H25NO4/c1-16(24)14-15-19(20(25)27-3)23-21(26)22(2,17-10-6-4-7-11-17)18-12-8-5-9-13-18/h4-13,19H,14-15H2,1-3H3,(H,23,26)/t19-/m0/s1. The zero-order valence-corrected chi connectivity index (χ0v) is 15.9. The van der Waals surface area contributed by atoms with Crippen molar-refractivity contribution in [2.24, 2.45) is 0 Å². The van der Waals surface area contributed by atoms with Crippen molar-refractivity contribution in [3.8, 4) is 0 Å². The van der Waals surface area contributed by atoms with Gasteiger partial charge in [-0.3, -0.25) is 4.79 Å². The smallest absolute Gasteiger partial charge is 0.328 e. The number of Topliss-reactive ketones (excluding diaryl/α,β-unsaturated/α-hetero) is 1. The van der Waals surface area contributed by atoms with E-state index >= 15 is 0 Å². The van der Waals surface area contributed by atoms with Crippen molar-refractivity contribution in [3.63, 3.8) is 0 Å². The second-order valence-electron chi connectivity index (χ2n) is 6.65. The molecule has 0 radical (unpaired) electrons. The average Bonchev–Trinajstić information content (AvgIpc) is 2.70. The Morgan fingerprint density at radius 3 is 1.85 bits per heavy atom. The Morgan fingerprint density at radius 1 is 0.963 bits per heavy atom. The van der Waals surface area contributed by atoms with E-state index in [0.717, 1.165) is 11.1 Å². The zero-order valence-electron chi connectivity index (χ0n) is 15.9. The third-order valence-electron chi connectivity index (χ3n) is 4.73. The van der Waals surface area contributed by atoms with Crippen molar-refractivity contribution in [1.82, 2.24) is 5.32 Å². The summed E-state index contributed by atoms with van der Waals surface area (Å²) in [6.45, 7) is 3.28. The van der Waals surface area contributed by atoms with Gasteiger partial charge in [0.2, 0.25) is 5.91 Å². The summed E-state index contributed by atoms with van der Waals surface area (Å²) >= 11 is 0. The van der Waals surface area contributed by atoms with Crippen LogP contribution < -0.4 is 5.32 Å². The van der Waals surface area contributed by atoms with Crippen LogP contribution in [0.3, 0.4) is 0 Å². The molecule has 2 aromatic carbocycles. The number of ketones is 1. The van der Waals surface area contributed by atoms with E-state index in [4.69, 9.17) is 4.74 Å². The highest BCUT2D eigenvalue weighted by Gasteiger charge is 2.39. The van der Waals surface area contributed by atoms with E-state index in [1.165, 1.54) is 14.0 Å². The summed E-state index contributed by atoms with van der Waals surface area (Å²) in [7, 11) is 1.27. The number of esters is 1. The van der Waals surface area contributed by atoms with E-state index in [1.807, 2.05) is 67.6 Å². The van der Waals surface area contributed by atoms with Crippen molar-refractivity contribution in [2.45, 2.75) is 38.1 Å². The molecule has 5 nitrogen and oxygen atoms in total. The molecule has 0 bridgehead atoms. The zero-order chi connectivity index (χ0) is 19.9. The van der Waals surface area contributed by atoms with Gasteiger partial charge in [-0.25, -0.2) is 4.79 Å². The number of amides is 1. The molecule has 0 aromatic heterocycles. The van der Waals surface area contributed by atoms with Gasteiger partial charge in [-0.15, -0.1) is 0 Å². The molecule has 0 aliphatic rings. The molecule has 0 fully saturated rings. The highest BCUT2D eigenvalue weighted by Crippen LogP contribution is 2.32. The van der Waals surface area contributed by atoms with Crippen molar-refractivity contribution in [3.05, 3.63) is 71.8 Å². The second kappa shape index (κ2) is 9.12. The molecule has 0 aliphatic heterocycles. The van der Waals surface area contributed by atoms with E-state index in [2.05, 4.69) is 5.32 Å². The quantitative estimate of drug-likeness (QED) is 0.728. The molecule has 1 N–H and O–H groups in total. The molecule has 0 aliphatic carbocycles. The maximum Gasteiger partial charge on any atom is 0.328 e. The average molecular weight is 367 g/mol. The van der Waals surface area contributed by atoms with Gasteiger partial charge in [-0.05, 0) is 31.4 Å². The summed E-state index contributed by atoms with van der Waals surface area (Å²) in [5.41, 5.74) is 0.623. The Bertz CT molecular complexity index is 747. The number of carbonyl (C=O) groups is 3. The van der Waals surface area contributed by atoms with E-state index in [0.29, 0.717) is 0 Å². The first kappa shape index (κ1) is 20.4. The van der Waals surface area contributed by atoms with Crippen LogP contribution in [0.2, 0.25) is 0 Å². The molecule has 2 aromatic rings. The van der Waals surface area contributed by atoms with Gasteiger partial charge in [-0.1, -0.05) is 60.7 Å². The minimum absolute atomic E-state index is 0.0490. The molecule has 1 atom stereocenters. The van der Waals surface area contributed by atoms with Crippen LogP contribution in [0, 0.1) is 0 Å². The summed E-state index contributed by atoms with van der Waals surface area (Å²) < 4.78 is 4.80.